The molecule has 1 aromatic rings. The lowest BCUT2D eigenvalue weighted by Gasteiger charge is -2.10. The van der Waals surface area contributed by atoms with Crippen molar-refractivity contribution in [2.45, 2.75) is 26.4 Å². The summed E-state index contributed by atoms with van der Waals surface area (Å²) in [6.07, 6.45) is 2.45. The Morgan fingerprint density at radius 3 is 2.50 bits per heavy atom. The number of hydrogen-bond donors (Lipinski definition) is 0. The minimum Gasteiger partial charge on any atom is -0.460 e. The highest BCUT2D eigenvalue weighted by molar-refractivity contribution is 5.88. The zero-order chi connectivity index (χ0) is 13.4. The summed E-state index contributed by atoms with van der Waals surface area (Å²) in [5, 5.41) is 0. The Kier molecular flexibility index (Phi) is 6.15. The summed E-state index contributed by atoms with van der Waals surface area (Å²) < 4.78 is 10.2. The zero-order valence-electron chi connectivity index (χ0n) is 11.2. The van der Waals surface area contributed by atoms with E-state index in [1.807, 2.05) is 50.3 Å². The molecule has 0 aliphatic heterocycles. The van der Waals surface area contributed by atoms with Gasteiger partial charge in [-0.3, -0.25) is 0 Å². The van der Waals surface area contributed by atoms with E-state index in [4.69, 9.17) is 9.47 Å². The predicted octanol–water partition coefficient (Wildman–Crippen LogP) is 2.75. The van der Waals surface area contributed by atoms with Crippen LogP contribution in [-0.2, 0) is 20.7 Å². The molecule has 98 valence electrons. The maximum atomic E-state index is 11.8. The highest BCUT2D eigenvalue weighted by atomic mass is 16.5. The average molecular weight is 248 g/mol. The number of ether oxygens (including phenoxy) is 2. The fourth-order valence-corrected chi connectivity index (χ4v) is 1.50. The Hall–Kier alpha value is -1.61. The van der Waals surface area contributed by atoms with Crippen molar-refractivity contribution in [1.82, 2.24) is 0 Å². The molecule has 3 nitrogen and oxygen atoms in total. The standard InChI is InChI=1S/C15H20O3/c1-12(2)18-15(16)14(11-17-3)10-9-13-7-5-4-6-8-13/h4-8,10,12H,9,11H2,1-3H3. The molecule has 0 saturated heterocycles. The molecule has 1 rings (SSSR count). The van der Waals surface area contributed by atoms with E-state index >= 15 is 0 Å². The Morgan fingerprint density at radius 2 is 1.94 bits per heavy atom. The van der Waals surface area contributed by atoms with Crippen LogP contribution < -0.4 is 0 Å². The molecule has 0 heterocycles. The third-order valence-corrected chi connectivity index (χ3v) is 2.33. The highest BCUT2D eigenvalue weighted by Gasteiger charge is 2.12. The Labute approximate surface area is 108 Å². The average Bonchev–Trinajstić information content (AvgIpc) is 2.34. The predicted molar refractivity (Wildman–Crippen MR) is 71.3 cm³/mol. The van der Waals surface area contributed by atoms with Crippen LogP contribution in [0.1, 0.15) is 19.4 Å². The first-order valence-corrected chi connectivity index (χ1v) is 6.06. The van der Waals surface area contributed by atoms with E-state index in [0.717, 1.165) is 5.56 Å². The maximum absolute atomic E-state index is 11.8. The largest absolute Gasteiger partial charge is 0.460 e. The van der Waals surface area contributed by atoms with Crippen molar-refractivity contribution in [2.24, 2.45) is 0 Å². The molecule has 0 aliphatic rings. The van der Waals surface area contributed by atoms with Crippen LogP contribution in [0.15, 0.2) is 42.0 Å². The van der Waals surface area contributed by atoms with Crippen LogP contribution >= 0.6 is 0 Å². The van der Waals surface area contributed by atoms with Gasteiger partial charge < -0.3 is 9.47 Å². The number of esters is 1. The van der Waals surface area contributed by atoms with E-state index in [2.05, 4.69) is 0 Å². The van der Waals surface area contributed by atoms with Gasteiger partial charge in [0.25, 0.3) is 0 Å². The SMILES string of the molecule is COCC(=CCc1ccccc1)C(=O)OC(C)C. The monoisotopic (exact) mass is 248 g/mol. The zero-order valence-corrected chi connectivity index (χ0v) is 11.2. The molecule has 0 N–H and O–H groups in total. The van der Waals surface area contributed by atoms with Crippen molar-refractivity contribution in [3.05, 3.63) is 47.5 Å². The highest BCUT2D eigenvalue weighted by Crippen LogP contribution is 2.06. The van der Waals surface area contributed by atoms with E-state index in [-0.39, 0.29) is 18.7 Å². The number of methoxy groups -OCH3 is 1. The van der Waals surface area contributed by atoms with Gasteiger partial charge in [0.15, 0.2) is 0 Å². The van der Waals surface area contributed by atoms with Crippen LogP contribution in [0, 0.1) is 0 Å². The lowest BCUT2D eigenvalue weighted by molar-refractivity contribution is -0.143. The molecular formula is C15H20O3. The number of rotatable bonds is 6. The second kappa shape index (κ2) is 7.67. The van der Waals surface area contributed by atoms with Crippen LogP contribution in [0.5, 0.6) is 0 Å². The number of allylic oxidation sites excluding steroid dienone is 1. The van der Waals surface area contributed by atoms with Crippen LogP contribution in [0.25, 0.3) is 0 Å². The third-order valence-electron chi connectivity index (χ3n) is 2.33. The van der Waals surface area contributed by atoms with Crippen molar-refractivity contribution in [1.29, 1.82) is 0 Å². The number of carbonyl (C=O) groups excluding carboxylic acids is 1. The molecule has 0 fully saturated rings. The summed E-state index contributed by atoms with van der Waals surface area (Å²) in [5.74, 6) is -0.303. The van der Waals surface area contributed by atoms with Gasteiger partial charge in [-0.1, -0.05) is 36.4 Å². The molecule has 0 aliphatic carbocycles. The van der Waals surface area contributed by atoms with Crippen molar-refractivity contribution in [3.63, 3.8) is 0 Å². The molecule has 0 bridgehead atoms. The smallest absolute Gasteiger partial charge is 0.336 e. The minimum absolute atomic E-state index is 0.116. The minimum atomic E-state index is -0.303. The molecule has 0 atom stereocenters. The van der Waals surface area contributed by atoms with Gasteiger partial charge >= 0.3 is 5.97 Å². The molecule has 0 saturated carbocycles. The quantitative estimate of drug-likeness (QED) is 0.573. The fourth-order valence-electron chi connectivity index (χ4n) is 1.50. The van der Waals surface area contributed by atoms with Crippen LogP contribution in [0.4, 0.5) is 0 Å². The van der Waals surface area contributed by atoms with Gasteiger partial charge in [-0.15, -0.1) is 0 Å². The van der Waals surface area contributed by atoms with Crippen LogP contribution in [-0.4, -0.2) is 25.8 Å². The Morgan fingerprint density at radius 1 is 1.28 bits per heavy atom. The van der Waals surface area contributed by atoms with Gasteiger partial charge in [0.1, 0.15) is 0 Å². The first-order chi connectivity index (χ1) is 8.63. The van der Waals surface area contributed by atoms with Gasteiger partial charge in [-0.2, -0.15) is 0 Å². The molecule has 0 amide bonds. The van der Waals surface area contributed by atoms with Crippen molar-refractivity contribution < 1.29 is 14.3 Å². The summed E-state index contributed by atoms with van der Waals surface area (Å²) in [5.41, 5.74) is 1.72. The second-order valence-corrected chi connectivity index (χ2v) is 4.31. The van der Waals surface area contributed by atoms with Crippen LogP contribution in [0.3, 0.4) is 0 Å². The number of hydrogen-bond acceptors (Lipinski definition) is 3. The first kappa shape index (κ1) is 14.5. The van der Waals surface area contributed by atoms with Crippen LogP contribution in [0.2, 0.25) is 0 Å². The van der Waals surface area contributed by atoms with Gasteiger partial charge in [0.2, 0.25) is 0 Å². The summed E-state index contributed by atoms with van der Waals surface area (Å²) in [7, 11) is 1.57. The fraction of sp³-hybridized carbons (Fsp3) is 0.400. The summed E-state index contributed by atoms with van der Waals surface area (Å²) in [4.78, 5) is 11.8. The summed E-state index contributed by atoms with van der Waals surface area (Å²) in [6, 6.07) is 9.97. The van der Waals surface area contributed by atoms with Crippen molar-refractivity contribution >= 4 is 5.97 Å². The van der Waals surface area contributed by atoms with Gasteiger partial charge in [0, 0.05) is 7.11 Å². The molecule has 0 radical (unpaired) electrons. The normalized spacial score (nSPS) is 11.7. The molecule has 0 aromatic heterocycles. The van der Waals surface area contributed by atoms with Crippen molar-refractivity contribution in [2.75, 3.05) is 13.7 Å². The topological polar surface area (TPSA) is 35.5 Å². The van der Waals surface area contributed by atoms with Gasteiger partial charge in [-0.25, -0.2) is 4.79 Å². The molecule has 0 unspecified atom stereocenters. The number of carbonyl (C=O) groups is 1. The van der Waals surface area contributed by atoms with E-state index in [1.165, 1.54) is 0 Å². The second-order valence-electron chi connectivity index (χ2n) is 4.31. The Bertz CT molecular complexity index is 393. The molecule has 3 heteroatoms. The molecular weight excluding hydrogens is 228 g/mol. The van der Waals surface area contributed by atoms with E-state index in [9.17, 15) is 4.79 Å². The third kappa shape index (κ3) is 5.15. The van der Waals surface area contributed by atoms with Gasteiger partial charge in [-0.05, 0) is 25.8 Å². The molecule has 18 heavy (non-hydrogen) atoms. The molecule has 0 spiro atoms. The Balaban J connectivity index is 2.69. The van der Waals surface area contributed by atoms with Crippen molar-refractivity contribution in [3.8, 4) is 0 Å². The van der Waals surface area contributed by atoms with E-state index in [1.54, 1.807) is 7.11 Å². The van der Waals surface area contributed by atoms with E-state index in [0.29, 0.717) is 12.0 Å². The summed E-state index contributed by atoms with van der Waals surface area (Å²) in [6.45, 7) is 3.94. The lowest BCUT2D eigenvalue weighted by atomic mass is 10.1. The first-order valence-electron chi connectivity index (χ1n) is 6.06. The number of benzene rings is 1. The summed E-state index contributed by atoms with van der Waals surface area (Å²) >= 11 is 0. The van der Waals surface area contributed by atoms with E-state index < -0.39 is 0 Å². The maximum Gasteiger partial charge on any atom is 0.336 e. The molecule has 1 aromatic carbocycles. The lowest BCUT2D eigenvalue weighted by Crippen LogP contribution is -2.16. The van der Waals surface area contributed by atoms with Gasteiger partial charge in [0.05, 0.1) is 18.3 Å².